The zero-order chi connectivity index (χ0) is 13.3. The molecule has 1 unspecified atom stereocenters. The van der Waals surface area contributed by atoms with Gasteiger partial charge in [-0.25, -0.2) is 0 Å². The van der Waals surface area contributed by atoms with Crippen molar-refractivity contribution in [1.82, 2.24) is 10.6 Å². The van der Waals surface area contributed by atoms with Crippen LogP contribution in [0.25, 0.3) is 0 Å². The van der Waals surface area contributed by atoms with Crippen molar-refractivity contribution in [2.75, 3.05) is 39.6 Å². The van der Waals surface area contributed by atoms with E-state index < -0.39 is 10.8 Å². The second-order valence-corrected chi connectivity index (χ2v) is 6.90. The molecular weight excluding hydrogens is 238 g/mol. The molecule has 0 saturated carbocycles. The van der Waals surface area contributed by atoms with E-state index in [2.05, 4.69) is 15.6 Å². The molecule has 0 fully saturated rings. The van der Waals surface area contributed by atoms with Crippen molar-refractivity contribution in [1.29, 1.82) is 0 Å². The standard InChI is InChI=1S/C11H25N3O2S/c1-11(2,3)17(15)9-7-14-10(12-4)13-6-8-16-5/h6-9H2,1-5H3,(H2,12,13,14). The van der Waals surface area contributed by atoms with E-state index in [0.29, 0.717) is 31.4 Å². The van der Waals surface area contributed by atoms with Gasteiger partial charge in [0.05, 0.1) is 6.61 Å². The van der Waals surface area contributed by atoms with E-state index >= 15 is 0 Å². The van der Waals surface area contributed by atoms with Gasteiger partial charge in [-0.15, -0.1) is 0 Å². The SMILES string of the molecule is CN=C(NCCOC)NCCS(=O)C(C)(C)C. The minimum absolute atomic E-state index is 0.158. The lowest BCUT2D eigenvalue weighted by Crippen LogP contribution is -2.41. The highest BCUT2D eigenvalue weighted by atomic mass is 32.2. The van der Waals surface area contributed by atoms with E-state index in [1.807, 2.05) is 20.8 Å². The molecule has 0 aliphatic rings. The fourth-order valence-electron chi connectivity index (χ4n) is 1.06. The van der Waals surface area contributed by atoms with Crippen molar-refractivity contribution in [2.45, 2.75) is 25.5 Å². The first-order valence-electron chi connectivity index (χ1n) is 5.73. The Bertz CT molecular complexity index is 262. The number of guanidine groups is 1. The van der Waals surface area contributed by atoms with Crippen molar-refractivity contribution in [3.63, 3.8) is 0 Å². The van der Waals surface area contributed by atoms with E-state index in [0.717, 1.165) is 0 Å². The maximum atomic E-state index is 11.8. The lowest BCUT2D eigenvalue weighted by atomic mass is 10.3. The summed E-state index contributed by atoms with van der Waals surface area (Å²) >= 11 is 0. The lowest BCUT2D eigenvalue weighted by Gasteiger charge is -2.18. The molecule has 0 aromatic rings. The largest absolute Gasteiger partial charge is 0.383 e. The Morgan fingerprint density at radius 3 is 2.35 bits per heavy atom. The third-order valence-electron chi connectivity index (χ3n) is 2.09. The van der Waals surface area contributed by atoms with Crippen LogP contribution in [0.15, 0.2) is 4.99 Å². The Morgan fingerprint density at radius 1 is 1.29 bits per heavy atom. The van der Waals surface area contributed by atoms with Gasteiger partial charge in [0.1, 0.15) is 0 Å². The number of hydrogen-bond acceptors (Lipinski definition) is 3. The van der Waals surface area contributed by atoms with Crippen molar-refractivity contribution < 1.29 is 8.95 Å². The molecule has 0 aliphatic carbocycles. The molecule has 2 N–H and O–H groups in total. The molecule has 1 atom stereocenters. The number of ether oxygens (including phenoxy) is 1. The Morgan fingerprint density at radius 2 is 1.88 bits per heavy atom. The monoisotopic (exact) mass is 263 g/mol. The minimum atomic E-state index is -0.833. The lowest BCUT2D eigenvalue weighted by molar-refractivity contribution is 0.203. The van der Waals surface area contributed by atoms with Crippen molar-refractivity contribution in [3.8, 4) is 0 Å². The molecule has 0 radical (unpaired) electrons. The van der Waals surface area contributed by atoms with E-state index in [1.54, 1.807) is 14.2 Å². The number of rotatable bonds is 6. The summed E-state index contributed by atoms with van der Waals surface area (Å²) in [5, 5.41) is 6.22. The summed E-state index contributed by atoms with van der Waals surface area (Å²) in [6.07, 6.45) is 0. The molecule has 0 aromatic heterocycles. The van der Waals surface area contributed by atoms with Gasteiger partial charge in [-0.2, -0.15) is 0 Å². The average Bonchev–Trinajstić information content (AvgIpc) is 2.25. The molecule has 0 aromatic carbocycles. The fraction of sp³-hybridized carbons (Fsp3) is 0.909. The van der Waals surface area contributed by atoms with E-state index in [9.17, 15) is 4.21 Å². The molecule has 0 saturated heterocycles. The highest BCUT2D eigenvalue weighted by Gasteiger charge is 2.18. The van der Waals surface area contributed by atoms with Crippen molar-refractivity contribution in [3.05, 3.63) is 0 Å². The summed E-state index contributed by atoms with van der Waals surface area (Å²) in [5.41, 5.74) is 0. The topological polar surface area (TPSA) is 62.7 Å². The second kappa shape index (κ2) is 8.47. The number of nitrogens with zero attached hydrogens (tertiary/aromatic N) is 1. The third-order valence-corrected chi connectivity index (χ3v) is 4.03. The first-order valence-corrected chi connectivity index (χ1v) is 7.05. The molecule has 0 spiro atoms. The maximum Gasteiger partial charge on any atom is 0.191 e. The predicted octanol–water partition coefficient (Wildman–Crippen LogP) is 0.345. The first kappa shape index (κ1) is 16.4. The quantitative estimate of drug-likeness (QED) is 0.412. The van der Waals surface area contributed by atoms with Gasteiger partial charge in [-0.05, 0) is 20.8 Å². The number of nitrogens with one attached hydrogen (secondary N) is 2. The zero-order valence-electron chi connectivity index (χ0n) is 11.5. The Balaban J connectivity index is 3.82. The number of aliphatic imine (C=N–C) groups is 1. The number of methoxy groups -OCH3 is 1. The van der Waals surface area contributed by atoms with Crippen LogP contribution in [0.3, 0.4) is 0 Å². The summed E-state index contributed by atoms with van der Waals surface area (Å²) in [5.74, 6) is 1.34. The van der Waals surface area contributed by atoms with Gasteiger partial charge in [0.25, 0.3) is 0 Å². The molecule has 0 heterocycles. The Labute approximate surface area is 107 Å². The van der Waals surface area contributed by atoms with Gasteiger partial charge >= 0.3 is 0 Å². The summed E-state index contributed by atoms with van der Waals surface area (Å²) < 4.78 is 16.6. The highest BCUT2D eigenvalue weighted by Crippen LogP contribution is 2.10. The summed E-state index contributed by atoms with van der Waals surface area (Å²) in [4.78, 5) is 4.06. The summed E-state index contributed by atoms with van der Waals surface area (Å²) in [7, 11) is 2.54. The maximum absolute atomic E-state index is 11.8. The van der Waals surface area contributed by atoms with Crippen molar-refractivity contribution in [2.24, 2.45) is 4.99 Å². The molecule has 0 aliphatic heterocycles. The molecular formula is C11H25N3O2S. The third kappa shape index (κ3) is 8.15. The van der Waals surface area contributed by atoms with Crippen LogP contribution in [0.4, 0.5) is 0 Å². The van der Waals surface area contributed by atoms with E-state index in [4.69, 9.17) is 4.74 Å². The van der Waals surface area contributed by atoms with E-state index in [1.165, 1.54) is 0 Å². The average molecular weight is 263 g/mol. The predicted molar refractivity (Wildman–Crippen MR) is 74.0 cm³/mol. The van der Waals surface area contributed by atoms with Gasteiger partial charge in [-0.3, -0.25) is 9.20 Å². The molecule has 6 heteroatoms. The van der Waals surface area contributed by atoms with Gasteiger partial charge < -0.3 is 15.4 Å². The van der Waals surface area contributed by atoms with Gasteiger partial charge in [-0.1, -0.05) is 0 Å². The van der Waals surface area contributed by atoms with Gasteiger partial charge in [0.15, 0.2) is 5.96 Å². The normalized spacial score (nSPS) is 14.5. The molecule has 0 bridgehead atoms. The highest BCUT2D eigenvalue weighted by molar-refractivity contribution is 7.86. The molecule has 102 valence electrons. The van der Waals surface area contributed by atoms with Crippen LogP contribution in [0.5, 0.6) is 0 Å². The Hall–Kier alpha value is -0.620. The minimum Gasteiger partial charge on any atom is -0.383 e. The molecule has 5 nitrogen and oxygen atoms in total. The smallest absolute Gasteiger partial charge is 0.191 e. The Kier molecular flexibility index (Phi) is 8.16. The van der Waals surface area contributed by atoms with Crippen LogP contribution in [0.1, 0.15) is 20.8 Å². The van der Waals surface area contributed by atoms with Crippen LogP contribution in [0, 0.1) is 0 Å². The molecule has 0 amide bonds. The van der Waals surface area contributed by atoms with Crippen molar-refractivity contribution >= 4 is 16.8 Å². The van der Waals surface area contributed by atoms with Crippen LogP contribution in [0.2, 0.25) is 0 Å². The van der Waals surface area contributed by atoms with Gasteiger partial charge in [0, 0.05) is 48.5 Å². The molecule has 0 rings (SSSR count). The van der Waals surface area contributed by atoms with Gasteiger partial charge in [0.2, 0.25) is 0 Å². The number of hydrogen-bond donors (Lipinski definition) is 2. The zero-order valence-corrected chi connectivity index (χ0v) is 12.3. The van der Waals surface area contributed by atoms with E-state index in [-0.39, 0.29) is 4.75 Å². The molecule has 17 heavy (non-hydrogen) atoms. The van der Waals surface area contributed by atoms with Crippen LogP contribution in [-0.2, 0) is 15.5 Å². The fourth-order valence-corrected chi connectivity index (χ4v) is 1.96. The second-order valence-electron chi connectivity index (χ2n) is 4.58. The van der Waals surface area contributed by atoms with Crippen LogP contribution >= 0.6 is 0 Å². The summed E-state index contributed by atoms with van der Waals surface area (Å²) in [6, 6.07) is 0. The van der Waals surface area contributed by atoms with Crippen LogP contribution < -0.4 is 10.6 Å². The summed E-state index contributed by atoms with van der Waals surface area (Å²) in [6.45, 7) is 7.93. The first-order chi connectivity index (χ1) is 7.91. The van der Waals surface area contributed by atoms with Crippen LogP contribution in [-0.4, -0.2) is 54.5 Å².